The van der Waals surface area contributed by atoms with Gasteiger partial charge in [0.25, 0.3) is 5.91 Å². The van der Waals surface area contributed by atoms with Crippen LogP contribution in [0.3, 0.4) is 0 Å². The molecule has 2 aromatic carbocycles. The Balaban J connectivity index is 1.84. The van der Waals surface area contributed by atoms with Gasteiger partial charge in [0.15, 0.2) is 5.82 Å². The number of carbonyl (C=O) groups excluding carboxylic acids is 2. The molecule has 0 spiro atoms. The lowest BCUT2D eigenvalue weighted by atomic mass is 9.97. The number of amides is 2. The molecule has 2 aliphatic rings. The smallest absolute Gasteiger partial charge is 0.354 e. The molecule has 2 aliphatic heterocycles. The summed E-state index contributed by atoms with van der Waals surface area (Å²) >= 11 is 7.02. The Labute approximate surface area is 268 Å². The van der Waals surface area contributed by atoms with Crippen LogP contribution < -0.4 is 15.5 Å². The van der Waals surface area contributed by atoms with Crippen molar-refractivity contribution < 1.29 is 24.2 Å². The minimum atomic E-state index is -1.02. The number of rotatable bonds is 4. The minimum Gasteiger partial charge on any atom is -0.507 e. The van der Waals surface area contributed by atoms with Crippen LogP contribution in [0, 0.1) is 12.7 Å². The van der Waals surface area contributed by atoms with Crippen molar-refractivity contribution in [2.24, 2.45) is 0 Å². The fraction of sp³-hybridized carbons (Fsp3) is 0.303. The molecule has 0 bridgehead atoms. The number of nitrogens with zero attached hydrogens (tertiary/aromatic N) is 6. The zero-order chi connectivity index (χ0) is 33.4. The molecular weight excluding hydrogens is 615 g/mol. The third kappa shape index (κ3) is 4.42. The second-order valence-corrected chi connectivity index (χ2v) is 12.3. The summed E-state index contributed by atoms with van der Waals surface area (Å²) in [5.74, 6) is -2.99. The molecule has 238 valence electrons. The van der Waals surface area contributed by atoms with Gasteiger partial charge in [-0.3, -0.25) is 19.1 Å². The van der Waals surface area contributed by atoms with E-state index < -0.39 is 46.6 Å². The van der Waals surface area contributed by atoms with Crippen LogP contribution in [-0.2, 0) is 9.59 Å². The summed E-state index contributed by atoms with van der Waals surface area (Å²) in [4.78, 5) is 54.7. The predicted molar refractivity (Wildman–Crippen MR) is 174 cm³/mol. The third-order valence-electron chi connectivity index (χ3n) is 8.73. The molecule has 11 nitrogen and oxygen atoms in total. The highest BCUT2D eigenvalue weighted by Gasteiger charge is 2.46. The predicted octanol–water partition coefficient (Wildman–Crippen LogP) is 4.65. The molecule has 4 aromatic rings. The van der Waals surface area contributed by atoms with E-state index in [1.54, 1.807) is 31.0 Å². The normalized spacial score (nSPS) is 17.8. The van der Waals surface area contributed by atoms with E-state index in [1.165, 1.54) is 41.1 Å². The lowest BCUT2D eigenvalue weighted by molar-refractivity contribution is -0.129. The summed E-state index contributed by atoms with van der Waals surface area (Å²) in [7, 11) is 1.46. The first-order chi connectivity index (χ1) is 21.8. The van der Waals surface area contributed by atoms with Gasteiger partial charge in [-0.1, -0.05) is 38.1 Å². The van der Waals surface area contributed by atoms with E-state index >= 15 is 4.39 Å². The third-order valence-corrected chi connectivity index (χ3v) is 9.10. The van der Waals surface area contributed by atoms with Gasteiger partial charge in [-0.2, -0.15) is 4.98 Å². The van der Waals surface area contributed by atoms with Crippen LogP contribution in [0.25, 0.3) is 27.7 Å². The van der Waals surface area contributed by atoms with Crippen molar-refractivity contribution in [3.8, 4) is 28.3 Å². The fourth-order valence-electron chi connectivity index (χ4n) is 6.66. The molecule has 1 saturated heterocycles. The van der Waals surface area contributed by atoms with Gasteiger partial charge < -0.3 is 24.9 Å². The topological polar surface area (TPSA) is 132 Å². The van der Waals surface area contributed by atoms with Crippen LogP contribution in [0.4, 0.5) is 15.9 Å². The second-order valence-electron chi connectivity index (χ2n) is 11.9. The van der Waals surface area contributed by atoms with E-state index in [4.69, 9.17) is 11.6 Å². The van der Waals surface area contributed by atoms with E-state index in [0.717, 1.165) is 4.57 Å². The second kappa shape index (κ2) is 11.1. The van der Waals surface area contributed by atoms with Gasteiger partial charge in [0.2, 0.25) is 5.91 Å². The number of hydrogen-bond donors (Lipinski definition) is 2. The number of hydrogen-bond acceptors (Lipinski definition) is 8. The van der Waals surface area contributed by atoms with Gasteiger partial charge in [0.1, 0.15) is 28.9 Å². The first kappa shape index (κ1) is 31.0. The number of anilines is 2. The Bertz CT molecular complexity index is 2030. The largest absolute Gasteiger partial charge is 0.507 e. The van der Waals surface area contributed by atoms with Crippen LogP contribution >= 0.6 is 11.6 Å². The first-order valence-electron chi connectivity index (χ1n) is 14.7. The van der Waals surface area contributed by atoms with Crippen molar-refractivity contribution in [3.63, 3.8) is 0 Å². The average Bonchev–Trinajstić information content (AvgIpc) is 3.09. The summed E-state index contributed by atoms with van der Waals surface area (Å²) in [5.41, 5.74) is -0.377. The van der Waals surface area contributed by atoms with Crippen LogP contribution in [0.5, 0.6) is 11.5 Å². The van der Waals surface area contributed by atoms with E-state index in [2.05, 4.69) is 16.5 Å². The minimum absolute atomic E-state index is 0.0211. The number of piperazine rings is 1. The molecule has 46 heavy (non-hydrogen) atoms. The number of carbonyl (C=O) groups is 2. The monoisotopic (exact) mass is 646 g/mol. The Kier molecular flexibility index (Phi) is 7.51. The number of likely N-dealkylation sites (N-methyl/N-ethyl adjacent to an activating group) is 1. The zero-order valence-electron chi connectivity index (χ0n) is 25.9. The van der Waals surface area contributed by atoms with Crippen molar-refractivity contribution in [2.75, 3.05) is 29.9 Å². The van der Waals surface area contributed by atoms with Gasteiger partial charge in [-0.15, -0.1) is 0 Å². The Morgan fingerprint density at radius 1 is 1.13 bits per heavy atom. The molecule has 0 radical (unpaired) electrons. The van der Waals surface area contributed by atoms with Crippen molar-refractivity contribution in [1.82, 2.24) is 19.4 Å². The average molecular weight is 647 g/mol. The quantitative estimate of drug-likeness (QED) is 0.306. The first-order valence-corrected chi connectivity index (χ1v) is 15.1. The number of phenols is 2. The number of aromatic nitrogens is 3. The van der Waals surface area contributed by atoms with E-state index in [9.17, 15) is 24.6 Å². The molecule has 0 saturated carbocycles. The van der Waals surface area contributed by atoms with Gasteiger partial charge in [0, 0.05) is 31.4 Å². The highest BCUT2D eigenvalue weighted by atomic mass is 35.5. The summed E-state index contributed by atoms with van der Waals surface area (Å²) < 4.78 is 18.6. The standard InChI is InChI=1S/C33H32ClFN6O5/c1-7-21(44)39-13-17(5)40-18(14-39)32(45)38(6)29-24-30(26(35)23(25(29)34)22-19(42)9-8-10-20(22)43)41(33(46)37-31(24)40)28-16(4)11-12-36-27(28)15(2)3/h7-12,15,17-18,42-43H,1,13-14H2,2-6H3. The summed E-state index contributed by atoms with van der Waals surface area (Å²) in [5, 5.41) is 21.5. The molecule has 2 amide bonds. The molecule has 0 aliphatic carbocycles. The van der Waals surface area contributed by atoms with Crippen molar-refractivity contribution >= 4 is 45.8 Å². The highest BCUT2D eigenvalue weighted by molar-refractivity contribution is 6.39. The number of aromatic hydroxyl groups is 2. The number of halogens is 2. The lowest BCUT2D eigenvalue weighted by Gasteiger charge is -2.45. The molecular formula is C33H32ClFN6O5. The van der Waals surface area contributed by atoms with E-state index in [0.29, 0.717) is 16.9 Å². The van der Waals surface area contributed by atoms with Gasteiger partial charge in [-0.05, 0) is 49.6 Å². The molecule has 1 fully saturated rings. The van der Waals surface area contributed by atoms with Crippen LogP contribution in [-0.4, -0.2) is 73.7 Å². The molecule has 2 unspecified atom stereocenters. The van der Waals surface area contributed by atoms with Crippen LogP contribution in [0.1, 0.15) is 37.9 Å². The van der Waals surface area contributed by atoms with Crippen LogP contribution in [0.15, 0.2) is 47.9 Å². The number of benzene rings is 2. The molecule has 2 aromatic heterocycles. The highest BCUT2D eigenvalue weighted by Crippen LogP contribution is 2.52. The van der Waals surface area contributed by atoms with Gasteiger partial charge in [0.05, 0.1) is 39.6 Å². The van der Waals surface area contributed by atoms with Crippen molar-refractivity contribution in [1.29, 1.82) is 0 Å². The number of pyridine rings is 1. The number of fused-ring (bicyclic) bond motifs is 2. The Morgan fingerprint density at radius 3 is 2.43 bits per heavy atom. The number of phenolic OH excluding ortho intramolecular Hbond substituents is 2. The maximum absolute atomic E-state index is 17.5. The molecule has 2 N–H and O–H groups in total. The van der Waals surface area contributed by atoms with E-state index in [-0.39, 0.29) is 57.9 Å². The van der Waals surface area contributed by atoms with Gasteiger partial charge in [-0.25, -0.2) is 9.18 Å². The Morgan fingerprint density at radius 2 is 1.80 bits per heavy atom. The van der Waals surface area contributed by atoms with Crippen LogP contribution in [0.2, 0.25) is 5.02 Å². The number of aryl methyl sites for hydroxylation is 1. The SMILES string of the molecule is C=CC(=O)N1CC(C)N2c3nc(=O)n(-c4c(C)ccnc4C(C)C)c4c(F)c(-c5c(O)cccc5O)c(Cl)c(c34)N(C)C(=O)C2C1. The lowest BCUT2D eigenvalue weighted by Crippen LogP contribution is -2.63. The summed E-state index contributed by atoms with van der Waals surface area (Å²) in [6, 6.07) is 4.06. The van der Waals surface area contributed by atoms with Crippen molar-refractivity contribution in [2.45, 2.75) is 45.7 Å². The summed E-state index contributed by atoms with van der Waals surface area (Å²) in [6.07, 6.45) is 2.77. The maximum Gasteiger partial charge on any atom is 0.354 e. The molecule has 4 heterocycles. The molecule has 13 heteroatoms. The molecule has 2 atom stereocenters. The van der Waals surface area contributed by atoms with E-state index in [1.807, 2.05) is 13.8 Å². The maximum atomic E-state index is 17.5. The van der Waals surface area contributed by atoms with Gasteiger partial charge >= 0.3 is 5.69 Å². The molecule has 6 rings (SSSR count). The zero-order valence-corrected chi connectivity index (χ0v) is 26.6. The Hall–Kier alpha value is -4.97. The fourth-order valence-corrected chi connectivity index (χ4v) is 7.06. The van der Waals surface area contributed by atoms with Crippen molar-refractivity contribution in [3.05, 3.63) is 75.7 Å². The summed E-state index contributed by atoms with van der Waals surface area (Å²) in [6.45, 7) is 11.0.